The lowest BCUT2D eigenvalue weighted by atomic mass is 10.1. The van der Waals surface area contributed by atoms with E-state index in [9.17, 15) is 9.90 Å². The summed E-state index contributed by atoms with van der Waals surface area (Å²) >= 11 is 0. The van der Waals surface area contributed by atoms with E-state index in [1.165, 1.54) is 0 Å². The predicted octanol–water partition coefficient (Wildman–Crippen LogP) is 3.99. The number of methoxy groups -OCH3 is 1. The van der Waals surface area contributed by atoms with E-state index in [0.717, 1.165) is 22.3 Å². The Morgan fingerprint density at radius 1 is 1.13 bits per heavy atom. The van der Waals surface area contributed by atoms with Crippen LogP contribution in [-0.4, -0.2) is 23.2 Å². The van der Waals surface area contributed by atoms with Crippen molar-refractivity contribution in [1.82, 2.24) is 4.98 Å². The lowest BCUT2D eigenvalue weighted by Gasteiger charge is -2.14. The first kappa shape index (κ1) is 14.8. The zero-order valence-electron chi connectivity index (χ0n) is 12.8. The molecule has 116 valence electrons. The molecule has 0 saturated carbocycles. The van der Waals surface area contributed by atoms with Crippen LogP contribution in [0.15, 0.2) is 48.5 Å². The maximum absolute atomic E-state index is 11.4. The smallest absolute Gasteiger partial charge is 0.337 e. The van der Waals surface area contributed by atoms with Crippen molar-refractivity contribution in [2.45, 2.75) is 6.92 Å². The SMILES string of the molecule is COc1cccc2c(Nc3ccccc3C(=O)O)cc(C)nc12. The first-order valence-electron chi connectivity index (χ1n) is 7.14. The van der Waals surface area contributed by atoms with E-state index in [2.05, 4.69) is 10.3 Å². The van der Waals surface area contributed by atoms with Crippen molar-refractivity contribution in [1.29, 1.82) is 0 Å². The lowest BCUT2D eigenvalue weighted by Crippen LogP contribution is -2.03. The number of carboxylic acids is 1. The second-order valence-corrected chi connectivity index (χ2v) is 5.14. The van der Waals surface area contributed by atoms with E-state index >= 15 is 0 Å². The first-order chi connectivity index (χ1) is 11.1. The Kier molecular flexibility index (Phi) is 3.85. The molecule has 0 amide bonds. The summed E-state index contributed by atoms with van der Waals surface area (Å²) in [6, 6.07) is 14.4. The van der Waals surface area contributed by atoms with Gasteiger partial charge in [-0.2, -0.15) is 0 Å². The second-order valence-electron chi connectivity index (χ2n) is 5.14. The van der Waals surface area contributed by atoms with Gasteiger partial charge in [0, 0.05) is 16.8 Å². The second kappa shape index (κ2) is 5.96. The van der Waals surface area contributed by atoms with Gasteiger partial charge in [0.1, 0.15) is 11.3 Å². The molecule has 2 aromatic carbocycles. The molecule has 0 unspecified atom stereocenters. The molecule has 0 fully saturated rings. The molecule has 0 aliphatic rings. The van der Waals surface area contributed by atoms with Gasteiger partial charge in [-0.05, 0) is 31.2 Å². The van der Waals surface area contributed by atoms with Gasteiger partial charge in [0.05, 0.1) is 18.4 Å². The molecule has 5 heteroatoms. The van der Waals surface area contributed by atoms with E-state index in [4.69, 9.17) is 4.74 Å². The predicted molar refractivity (Wildman–Crippen MR) is 89.7 cm³/mol. The number of aromatic nitrogens is 1. The molecule has 5 nitrogen and oxygen atoms in total. The van der Waals surface area contributed by atoms with Gasteiger partial charge in [-0.1, -0.05) is 24.3 Å². The Labute approximate surface area is 133 Å². The van der Waals surface area contributed by atoms with Gasteiger partial charge >= 0.3 is 5.97 Å². The minimum atomic E-state index is -0.972. The van der Waals surface area contributed by atoms with Crippen LogP contribution < -0.4 is 10.1 Å². The van der Waals surface area contributed by atoms with Crippen LogP contribution in [-0.2, 0) is 0 Å². The fourth-order valence-corrected chi connectivity index (χ4v) is 2.54. The van der Waals surface area contributed by atoms with Crippen LogP contribution >= 0.6 is 0 Å². The third-order valence-corrected chi connectivity index (χ3v) is 3.58. The highest BCUT2D eigenvalue weighted by molar-refractivity contribution is 6.00. The molecular weight excluding hydrogens is 292 g/mol. The number of carbonyl (C=O) groups is 1. The molecule has 3 aromatic rings. The Morgan fingerprint density at radius 3 is 2.65 bits per heavy atom. The van der Waals surface area contributed by atoms with E-state index in [1.54, 1.807) is 31.4 Å². The average Bonchev–Trinajstić information content (AvgIpc) is 2.54. The maximum atomic E-state index is 11.4. The van der Waals surface area contributed by atoms with Gasteiger partial charge in [-0.15, -0.1) is 0 Å². The Morgan fingerprint density at radius 2 is 1.91 bits per heavy atom. The summed E-state index contributed by atoms with van der Waals surface area (Å²) in [5.41, 5.74) is 3.11. The summed E-state index contributed by atoms with van der Waals surface area (Å²) in [5.74, 6) is -0.290. The quantitative estimate of drug-likeness (QED) is 0.762. The van der Waals surface area contributed by atoms with Gasteiger partial charge in [0.2, 0.25) is 0 Å². The van der Waals surface area contributed by atoms with Crippen molar-refractivity contribution in [3.05, 3.63) is 59.8 Å². The molecule has 0 spiro atoms. The number of nitrogens with zero attached hydrogens (tertiary/aromatic N) is 1. The maximum Gasteiger partial charge on any atom is 0.337 e. The number of nitrogens with one attached hydrogen (secondary N) is 1. The van der Waals surface area contributed by atoms with Crippen molar-refractivity contribution in [2.75, 3.05) is 12.4 Å². The number of fused-ring (bicyclic) bond motifs is 1. The summed E-state index contributed by atoms with van der Waals surface area (Å²) in [7, 11) is 1.60. The van der Waals surface area contributed by atoms with Crippen molar-refractivity contribution in [3.8, 4) is 5.75 Å². The highest BCUT2D eigenvalue weighted by atomic mass is 16.5. The first-order valence-corrected chi connectivity index (χ1v) is 7.14. The van der Waals surface area contributed by atoms with Crippen molar-refractivity contribution < 1.29 is 14.6 Å². The number of benzene rings is 2. The summed E-state index contributed by atoms with van der Waals surface area (Å²) in [6.45, 7) is 1.89. The molecule has 0 bridgehead atoms. The summed E-state index contributed by atoms with van der Waals surface area (Å²) in [5, 5.41) is 13.4. The topological polar surface area (TPSA) is 71.5 Å². The molecule has 0 aliphatic heterocycles. The fourth-order valence-electron chi connectivity index (χ4n) is 2.54. The number of anilines is 2. The zero-order chi connectivity index (χ0) is 16.4. The van der Waals surface area contributed by atoms with E-state index in [-0.39, 0.29) is 5.56 Å². The molecule has 1 heterocycles. The zero-order valence-corrected chi connectivity index (χ0v) is 12.8. The van der Waals surface area contributed by atoms with Crippen LogP contribution in [0.3, 0.4) is 0 Å². The number of hydrogen-bond acceptors (Lipinski definition) is 4. The van der Waals surface area contributed by atoms with Gasteiger partial charge in [-0.3, -0.25) is 0 Å². The van der Waals surface area contributed by atoms with Crippen LogP contribution in [0.2, 0.25) is 0 Å². The number of ether oxygens (including phenoxy) is 1. The third-order valence-electron chi connectivity index (χ3n) is 3.58. The van der Waals surface area contributed by atoms with Gasteiger partial charge in [-0.25, -0.2) is 9.78 Å². The molecule has 2 N–H and O–H groups in total. The average molecular weight is 308 g/mol. The Hall–Kier alpha value is -3.08. The molecule has 23 heavy (non-hydrogen) atoms. The standard InChI is InChI=1S/C18H16N2O3/c1-11-10-15(12-7-5-9-16(23-2)17(12)19-11)20-14-8-4-3-6-13(14)18(21)22/h3-10H,1-2H3,(H,19,20)(H,21,22). The third kappa shape index (κ3) is 2.81. The summed E-state index contributed by atoms with van der Waals surface area (Å²) in [6.07, 6.45) is 0. The summed E-state index contributed by atoms with van der Waals surface area (Å²) < 4.78 is 5.37. The molecule has 0 atom stereocenters. The minimum absolute atomic E-state index is 0.220. The van der Waals surface area contributed by atoms with Crippen LogP contribution in [0.4, 0.5) is 11.4 Å². The van der Waals surface area contributed by atoms with Crippen molar-refractivity contribution in [2.24, 2.45) is 0 Å². The van der Waals surface area contributed by atoms with Crippen LogP contribution in [0.1, 0.15) is 16.1 Å². The number of aromatic carboxylic acids is 1. The highest BCUT2D eigenvalue weighted by Gasteiger charge is 2.12. The Bertz CT molecular complexity index is 891. The largest absolute Gasteiger partial charge is 0.494 e. The van der Waals surface area contributed by atoms with E-state index in [1.807, 2.05) is 31.2 Å². The van der Waals surface area contributed by atoms with Gasteiger partial charge < -0.3 is 15.2 Å². The monoisotopic (exact) mass is 308 g/mol. The normalized spacial score (nSPS) is 10.5. The van der Waals surface area contributed by atoms with Gasteiger partial charge in [0.25, 0.3) is 0 Å². The minimum Gasteiger partial charge on any atom is -0.494 e. The van der Waals surface area contributed by atoms with Crippen LogP contribution in [0.5, 0.6) is 5.75 Å². The molecule has 0 saturated heterocycles. The molecule has 0 radical (unpaired) electrons. The number of hydrogen-bond donors (Lipinski definition) is 2. The summed E-state index contributed by atoms with van der Waals surface area (Å²) in [4.78, 5) is 15.9. The van der Waals surface area contributed by atoms with Crippen molar-refractivity contribution in [3.63, 3.8) is 0 Å². The van der Waals surface area contributed by atoms with E-state index < -0.39 is 5.97 Å². The van der Waals surface area contributed by atoms with Crippen LogP contribution in [0.25, 0.3) is 10.9 Å². The number of rotatable bonds is 4. The van der Waals surface area contributed by atoms with Crippen LogP contribution in [0, 0.1) is 6.92 Å². The fraction of sp³-hybridized carbons (Fsp3) is 0.111. The number of para-hydroxylation sites is 2. The Balaban J connectivity index is 2.16. The number of aryl methyl sites for hydroxylation is 1. The number of pyridine rings is 1. The molecule has 3 rings (SSSR count). The van der Waals surface area contributed by atoms with E-state index in [0.29, 0.717) is 11.4 Å². The van der Waals surface area contributed by atoms with Gasteiger partial charge in [0.15, 0.2) is 0 Å². The number of carboxylic acid groups (broad SMARTS) is 1. The molecular formula is C18H16N2O3. The lowest BCUT2D eigenvalue weighted by molar-refractivity contribution is 0.0698. The molecule has 1 aromatic heterocycles. The van der Waals surface area contributed by atoms with Crippen molar-refractivity contribution >= 4 is 28.2 Å². The highest BCUT2D eigenvalue weighted by Crippen LogP contribution is 2.32. The molecule has 0 aliphatic carbocycles.